The largest absolute Gasteiger partial charge is 0.352 e. The molecule has 2 nitrogen and oxygen atoms in total. The lowest BCUT2D eigenvalue weighted by atomic mass is 10.0. The van der Waals surface area contributed by atoms with E-state index in [2.05, 4.69) is 21.2 Å². The van der Waals surface area contributed by atoms with Gasteiger partial charge in [0, 0.05) is 22.0 Å². The third kappa shape index (κ3) is 2.27. The third-order valence-corrected chi connectivity index (χ3v) is 4.01. The van der Waals surface area contributed by atoms with Gasteiger partial charge in [-0.25, -0.2) is 0 Å². The molecule has 1 fully saturated rings. The zero-order valence-corrected chi connectivity index (χ0v) is 11.5. The summed E-state index contributed by atoms with van der Waals surface area (Å²) in [7, 11) is 0. The maximum atomic E-state index is 12.2. The highest BCUT2D eigenvalue weighted by molar-refractivity contribution is 9.10. The molecule has 1 N–H and O–H groups in total. The average molecular weight is 304 g/mol. The van der Waals surface area contributed by atoms with Crippen molar-refractivity contribution in [1.29, 1.82) is 0 Å². The third-order valence-electron chi connectivity index (χ3n) is 3.35. The Balaban J connectivity index is 1.96. The van der Waals surface area contributed by atoms with E-state index in [4.69, 9.17) is 0 Å². The van der Waals surface area contributed by atoms with Crippen molar-refractivity contribution in [3.8, 4) is 0 Å². The number of benzene rings is 2. The summed E-state index contributed by atoms with van der Waals surface area (Å²) in [4.78, 5) is 12.2. The molecule has 0 radical (unpaired) electrons. The molecule has 0 atom stereocenters. The van der Waals surface area contributed by atoms with E-state index in [9.17, 15) is 4.79 Å². The Morgan fingerprint density at radius 1 is 1.22 bits per heavy atom. The number of hydrogen-bond donors (Lipinski definition) is 1. The minimum Gasteiger partial charge on any atom is -0.352 e. The van der Waals surface area contributed by atoms with Gasteiger partial charge in [0.15, 0.2) is 0 Å². The minimum absolute atomic E-state index is 0.0272. The summed E-state index contributed by atoms with van der Waals surface area (Å²) >= 11 is 3.53. The van der Waals surface area contributed by atoms with Gasteiger partial charge in [-0.2, -0.15) is 0 Å². The van der Waals surface area contributed by atoms with Crippen molar-refractivity contribution in [2.75, 3.05) is 6.54 Å². The summed E-state index contributed by atoms with van der Waals surface area (Å²) in [5.74, 6) is 0.728. The van der Waals surface area contributed by atoms with Crippen LogP contribution in [0.15, 0.2) is 40.9 Å². The molecule has 0 heterocycles. The van der Waals surface area contributed by atoms with E-state index in [0.29, 0.717) is 5.92 Å². The van der Waals surface area contributed by atoms with Gasteiger partial charge in [0.05, 0.1) is 0 Å². The molecule has 2 aromatic rings. The van der Waals surface area contributed by atoms with Crippen LogP contribution in [-0.2, 0) is 0 Å². The monoisotopic (exact) mass is 303 g/mol. The Bertz CT molecular complexity index is 599. The summed E-state index contributed by atoms with van der Waals surface area (Å²) in [6.07, 6.45) is 2.50. The standard InChI is InChI=1S/C15H14BrNO/c16-13-6-2-4-11-3-1-5-12(14(11)13)15(18)17-9-10-7-8-10/h1-6,10H,7-9H2,(H,17,18). The van der Waals surface area contributed by atoms with Crippen LogP contribution in [0.1, 0.15) is 23.2 Å². The molecule has 0 spiro atoms. The number of carbonyl (C=O) groups excluding carboxylic acids is 1. The van der Waals surface area contributed by atoms with Crippen LogP contribution in [0.4, 0.5) is 0 Å². The minimum atomic E-state index is 0.0272. The Morgan fingerprint density at radius 3 is 2.67 bits per heavy atom. The smallest absolute Gasteiger partial charge is 0.251 e. The number of amides is 1. The zero-order chi connectivity index (χ0) is 12.5. The van der Waals surface area contributed by atoms with Gasteiger partial charge in [-0.05, 0) is 36.3 Å². The molecule has 1 aliphatic rings. The van der Waals surface area contributed by atoms with Gasteiger partial charge in [0.1, 0.15) is 0 Å². The summed E-state index contributed by atoms with van der Waals surface area (Å²) in [5, 5.41) is 5.10. The van der Waals surface area contributed by atoms with E-state index in [1.165, 1.54) is 12.8 Å². The highest BCUT2D eigenvalue weighted by atomic mass is 79.9. The molecule has 0 saturated heterocycles. The maximum absolute atomic E-state index is 12.2. The second kappa shape index (κ2) is 4.73. The van der Waals surface area contributed by atoms with Crippen LogP contribution < -0.4 is 5.32 Å². The number of halogens is 1. The molecule has 0 bridgehead atoms. The van der Waals surface area contributed by atoms with Crippen LogP contribution in [0.3, 0.4) is 0 Å². The molecule has 3 heteroatoms. The lowest BCUT2D eigenvalue weighted by molar-refractivity contribution is 0.0953. The summed E-state index contributed by atoms with van der Waals surface area (Å²) in [6, 6.07) is 11.8. The van der Waals surface area contributed by atoms with Gasteiger partial charge in [-0.15, -0.1) is 0 Å². The first-order valence-electron chi connectivity index (χ1n) is 6.21. The summed E-state index contributed by atoms with van der Waals surface area (Å²) < 4.78 is 0.970. The van der Waals surface area contributed by atoms with Crippen LogP contribution in [0, 0.1) is 5.92 Å². The van der Waals surface area contributed by atoms with Crippen LogP contribution in [0.25, 0.3) is 10.8 Å². The lowest BCUT2D eigenvalue weighted by Gasteiger charge is -2.09. The Kier molecular flexibility index (Phi) is 3.08. The fourth-order valence-electron chi connectivity index (χ4n) is 2.14. The van der Waals surface area contributed by atoms with Crippen LogP contribution >= 0.6 is 15.9 Å². The first-order valence-corrected chi connectivity index (χ1v) is 7.00. The molecule has 0 aromatic heterocycles. The second-order valence-electron chi connectivity index (χ2n) is 4.80. The van der Waals surface area contributed by atoms with Crippen molar-refractivity contribution in [2.45, 2.75) is 12.8 Å². The van der Waals surface area contributed by atoms with Crippen molar-refractivity contribution in [3.63, 3.8) is 0 Å². The summed E-state index contributed by atoms with van der Waals surface area (Å²) in [6.45, 7) is 0.805. The van der Waals surface area contributed by atoms with E-state index >= 15 is 0 Å². The van der Waals surface area contributed by atoms with Gasteiger partial charge in [-0.1, -0.05) is 40.2 Å². The van der Waals surface area contributed by atoms with Crippen LogP contribution in [-0.4, -0.2) is 12.5 Å². The number of fused-ring (bicyclic) bond motifs is 1. The predicted molar refractivity (Wildman–Crippen MR) is 76.7 cm³/mol. The van der Waals surface area contributed by atoms with Gasteiger partial charge in [0.25, 0.3) is 5.91 Å². The Hall–Kier alpha value is -1.35. The SMILES string of the molecule is O=C(NCC1CC1)c1cccc2cccc(Br)c12. The fraction of sp³-hybridized carbons (Fsp3) is 0.267. The number of rotatable bonds is 3. The zero-order valence-electron chi connectivity index (χ0n) is 9.95. The molecule has 3 rings (SSSR count). The molecule has 0 unspecified atom stereocenters. The average Bonchev–Trinajstić information content (AvgIpc) is 3.20. The fourth-order valence-corrected chi connectivity index (χ4v) is 2.73. The van der Waals surface area contributed by atoms with Crippen molar-refractivity contribution in [3.05, 3.63) is 46.4 Å². The molecule has 0 aliphatic heterocycles. The topological polar surface area (TPSA) is 29.1 Å². The molecular formula is C15H14BrNO. The first-order chi connectivity index (χ1) is 8.75. The van der Waals surface area contributed by atoms with Crippen molar-refractivity contribution in [1.82, 2.24) is 5.32 Å². The van der Waals surface area contributed by atoms with E-state index in [-0.39, 0.29) is 5.91 Å². The van der Waals surface area contributed by atoms with E-state index in [1.807, 2.05) is 36.4 Å². The van der Waals surface area contributed by atoms with Crippen LogP contribution in [0.2, 0.25) is 0 Å². The Morgan fingerprint density at radius 2 is 1.94 bits per heavy atom. The lowest BCUT2D eigenvalue weighted by Crippen LogP contribution is -2.25. The Labute approximate surface area is 115 Å². The molecular weight excluding hydrogens is 290 g/mol. The molecule has 1 aliphatic carbocycles. The molecule has 1 amide bonds. The number of nitrogens with one attached hydrogen (secondary N) is 1. The second-order valence-corrected chi connectivity index (χ2v) is 5.65. The van der Waals surface area contributed by atoms with E-state index < -0.39 is 0 Å². The molecule has 92 valence electrons. The van der Waals surface area contributed by atoms with Gasteiger partial charge in [0.2, 0.25) is 0 Å². The van der Waals surface area contributed by atoms with Gasteiger partial charge >= 0.3 is 0 Å². The normalized spacial score (nSPS) is 14.7. The van der Waals surface area contributed by atoms with Gasteiger partial charge < -0.3 is 5.32 Å². The highest BCUT2D eigenvalue weighted by Crippen LogP contribution is 2.29. The van der Waals surface area contributed by atoms with Crippen molar-refractivity contribution >= 4 is 32.6 Å². The quantitative estimate of drug-likeness (QED) is 0.919. The van der Waals surface area contributed by atoms with E-state index in [1.54, 1.807) is 0 Å². The van der Waals surface area contributed by atoms with E-state index in [0.717, 1.165) is 27.4 Å². The first kappa shape index (κ1) is 11.7. The number of carbonyl (C=O) groups is 1. The summed E-state index contributed by atoms with van der Waals surface area (Å²) in [5.41, 5.74) is 0.751. The van der Waals surface area contributed by atoms with Crippen molar-refractivity contribution < 1.29 is 4.79 Å². The predicted octanol–water partition coefficient (Wildman–Crippen LogP) is 3.74. The van der Waals surface area contributed by atoms with Gasteiger partial charge in [-0.3, -0.25) is 4.79 Å². The molecule has 18 heavy (non-hydrogen) atoms. The van der Waals surface area contributed by atoms with Crippen LogP contribution in [0.5, 0.6) is 0 Å². The number of hydrogen-bond acceptors (Lipinski definition) is 1. The van der Waals surface area contributed by atoms with Crippen molar-refractivity contribution in [2.24, 2.45) is 5.92 Å². The molecule has 1 saturated carbocycles. The molecule has 2 aromatic carbocycles. The maximum Gasteiger partial charge on any atom is 0.251 e. The highest BCUT2D eigenvalue weighted by Gasteiger charge is 2.22.